The van der Waals surface area contributed by atoms with Crippen molar-refractivity contribution in [3.8, 4) is 23.0 Å². The van der Waals surface area contributed by atoms with Gasteiger partial charge in [0.1, 0.15) is 23.1 Å². The van der Waals surface area contributed by atoms with Gasteiger partial charge in [0, 0.05) is 24.5 Å². The third kappa shape index (κ3) is 3.70. The molecule has 0 aliphatic carbocycles. The van der Waals surface area contributed by atoms with Crippen molar-refractivity contribution in [2.24, 2.45) is 5.73 Å². The van der Waals surface area contributed by atoms with Gasteiger partial charge in [-0.2, -0.15) is 9.97 Å². The van der Waals surface area contributed by atoms with Gasteiger partial charge in [0.15, 0.2) is 5.75 Å². The number of nitrogens with zero attached hydrogens (tertiary/aromatic N) is 4. The number of nitrogens with one attached hydrogen (secondary N) is 2. The highest BCUT2D eigenvalue weighted by molar-refractivity contribution is 6.15. The molecule has 10 heteroatoms. The maximum Gasteiger partial charge on any atom is 0.324 e. The molecule has 4 N–H and O–H groups in total. The summed E-state index contributed by atoms with van der Waals surface area (Å²) < 4.78 is 35.2. The third-order valence-electron chi connectivity index (χ3n) is 5.26. The van der Waals surface area contributed by atoms with Gasteiger partial charge in [0.25, 0.3) is 0 Å². The summed E-state index contributed by atoms with van der Waals surface area (Å²) in [5, 5.41) is 3.93. The molecule has 0 saturated heterocycles. The fourth-order valence-electron chi connectivity index (χ4n) is 3.70. The van der Waals surface area contributed by atoms with Crippen LogP contribution in [-0.2, 0) is 6.54 Å². The van der Waals surface area contributed by atoms with Gasteiger partial charge in [-0.25, -0.2) is 18.7 Å². The third-order valence-corrected chi connectivity index (χ3v) is 5.26. The quantitative estimate of drug-likeness (QED) is 0.365. The van der Waals surface area contributed by atoms with E-state index in [1.807, 2.05) is 0 Å². The van der Waals surface area contributed by atoms with Gasteiger partial charge in [-0.05, 0) is 36.8 Å². The van der Waals surface area contributed by atoms with Crippen LogP contribution < -0.4 is 15.8 Å². The standard InChI is InChI=1S/C23H19F2N7O/c1-11-28-9-14(10-29-11)33-23-31-21(15-5-12(8-26)3-4-17(15)25)19-16-6-13(24)7-18(27-2)20(16)30-22(19)32-23/h3-7,9-10,27H,8,26H2,1-2H3,(H,30,31,32). The number of halogens is 2. The van der Waals surface area contributed by atoms with Crippen LogP contribution in [-0.4, -0.2) is 32.0 Å². The largest absolute Gasteiger partial charge is 0.421 e. The van der Waals surface area contributed by atoms with Crippen molar-refractivity contribution in [2.75, 3.05) is 12.4 Å². The van der Waals surface area contributed by atoms with E-state index in [9.17, 15) is 8.78 Å². The number of anilines is 1. The Morgan fingerprint density at radius 1 is 1.09 bits per heavy atom. The van der Waals surface area contributed by atoms with Gasteiger partial charge in [0.2, 0.25) is 0 Å². The minimum atomic E-state index is -0.503. The average molecular weight is 447 g/mol. The topological polar surface area (TPSA) is 115 Å². The molecule has 0 spiro atoms. The molecule has 166 valence electrons. The Hall–Kier alpha value is -4.18. The zero-order valence-corrected chi connectivity index (χ0v) is 17.8. The highest BCUT2D eigenvalue weighted by Gasteiger charge is 2.21. The van der Waals surface area contributed by atoms with Crippen molar-refractivity contribution >= 4 is 27.6 Å². The molecule has 5 rings (SSSR count). The minimum Gasteiger partial charge on any atom is -0.421 e. The van der Waals surface area contributed by atoms with Gasteiger partial charge in [-0.15, -0.1) is 0 Å². The van der Waals surface area contributed by atoms with Gasteiger partial charge in [-0.3, -0.25) is 0 Å². The summed E-state index contributed by atoms with van der Waals surface area (Å²) in [5.41, 5.74) is 8.43. The van der Waals surface area contributed by atoms with E-state index in [2.05, 4.69) is 30.2 Å². The maximum atomic E-state index is 15.0. The highest BCUT2D eigenvalue weighted by atomic mass is 19.1. The summed E-state index contributed by atoms with van der Waals surface area (Å²) in [6, 6.07) is 7.23. The van der Waals surface area contributed by atoms with Crippen molar-refractivity contribution in [2.45, 2.75) is 13.5 Å². The predicted octanol–water partition coefficient (Wildman–Crippen LogP) is 4.45. The van der Waals surface area contributed by atoms with Crippen LogP contribution in [0.2, 0.25) is 0 Å². The van der Waals surface area contributed by atoms with Gasteiger partial charge < -0.3 is 20.8 Å². The number of aromatic amines is 1. The second-order valence-electron chi connectivity index (χ2n) is 7.42. The van der Waals surface area contributed by atoms with E-state index in [-0.39, 0.29) is 23.8 Å². The lowest BCUT2D eigenvalue weighted by atomic mass is 10.0. The van der Waals surface area contributed by atoms with E-state index in [4.69, 9.17) is 10.5 Å². The van der Waals surface area contributed by atoms with Crippen molar-refractivity contribution in [1.82, 2.24) is 24.9 Å². The zero-order chi connectivity index (χ0) is 23.1. The highest BCUT2D eigenvalue weighted by Crippen LogP contribution is 2.38. The summed E-state index contributed by atoms with van der Waals surface area (Å²) in [6.07, 6.45) is 2.98. The van der Waals surface area contributed by atoms with E-state index in [0.29, 0.717) is 39.2 Å². The first-order valence-electron chi connectivity index (χ1n) is 10.1. The summed E-state index contributed by atoms with van der Waals surface area (Å²) in [4.78, 5) is 20.3. The molecule has 0 aliphatic heterocycles. The molecule has 3 heterocycles. The van der Waals surface area contributed by atoms with Crippen molar-refractivity contribution < 1.29 is 13.5 Å². The Balaban J connectivity index is 1.81. The minimum absolute atomic E-state index is 0.0412. The number of fused-ring (bicyclic) bond motifs is 3. The van der Waals surface area contributed by atoms with E-state index >= 15 is 0 Å². The molecule has 2 aromatic carbocycles. The number of rotatable bonds is 5. The van der Waals surface area contributed by atoms with E-state index in [0.717, 1.165) is 5.56 Å². The fraction of sp³-hybridized carbons (Fsp3) is 0.130. The van der Waals surface area contributed by atoms with Crippen LogP contribution in [0.3, 0.4) is 0 Å². The second kappa shape index (κ2) is 8.06. The lowest BCUT2D eigenvalue weighted by Crippen LogP contribution is -2.00. The lowest BCUT2D eigenvalue weighted by molar-refractivity contribution is 0.440. The molecule has 33 heavy (non-hydrogen) atoms. The number of H-pyrrole nitrogens is 1. The zero-order valence-electron chi connectivity index (χ0n) is 17.8. The number of aromatic nitrogens is 5. The lowest BCUT2D eigenvalue weighted by Gasteiger charge is -2.10. The number of benzene rings is 2. The summed E-state index contributed by atoms with van der Waals surface area (Å²) in [6.45, 7) is 1.97. The van der Waals surface area contributed by atoms with E-state index in [1.165, 1.54) is 30.6 Å². The molecular formula is C23H19F2N7O. The molecule has 0 amide bonds. The summed E-state index contributed by atoms with van der Waals surface area (Å²) >= 11 is 0. The van der Waals surface area contributed by atoms with Crippen LogP contribution in [0.4, 0.5) is 14.5 Å². The Bertz CT molecular complexity index is 1500. The molecule has 0 bridgehead atoms. The Morgan fingerprint density at radius 2 is 1.88 bits per heavy atom. The van der Waals surface area contributed by atoms with Crippen LogP contribution in [0.1, 0.15) is 11.4 Å². The number of ether oxygens (including phenoxy) is 1. The number of nitrogens with two attached hydrogens (primary N) is 1. The predicted molar refractivity (Wildman–Crippen MR) is 121 cm³/mol. The molecule has 0 radical (unpaired) electrons. The fourth-order valence-corrected chi connectivity index (χ4v) is 3.70. The summed E-state index contributed by atoms with van der Waals surface area (Å²) in [5.74, 6) is -0.0547. The molecule has 0 unspecified atom stereocenters. The van der Waals surface area contributed by atoms with Crippen LogP contribution in [0.15, 0.2) is 42.7 Å². The molecule has 8 nitrogen and oxygen atoms in total. The Labute approximate surface area is 186 Å². The number of hydrogen-bond acceptors (Lipinski definition) is 7. The molecular weight excluding hydrogens is 428 g/mol. The molecule has 5 aromatic rings. The van der Waals surface area contributed by atoms with Gasteiger partial charge in [0.05, 0.1) is 34.7 Å². The van der Waals surface area contributed by atoms with Crippen molar-refractivity contribution in [3.63, 3.8) is 0 Å². The Morgan fingerprint density at radius 3 is 2.61 bits per heavy atom. The van der Waals surface area contributed by atoms with Crippen LogP contribution >= 0.6 is 0 Å². The van der Waals surface area contributed by atoms with Gasteiger partial charge >= 0.3 is 6.01 Å². The SMILES string of the molecule is CNc1cc(F)cc2c1[nH]c1nc(Oc3cnc(C)nc3)nc(-c3cc(CN)ccc3F)c12. The number of aryl methyl sites for hydroxylation is 1. The van der Waals surface area contributed by atoms with Crippen LogP contribution in [0.5, 0.6) is 11.8 Å². The average Bonchev–Trinajstić information content (AvgIpc) is 3.18. The first-order chi connectivity index (χ1) is 16.0. The van der Waals surface area contributed by atoms with E-state index < -0.39 is 11.6 Å². The van der Waals surface area contributed by atoms with Crippen molar-refractivity contribution in [3.05, 3.63) is 65.7 Å². The van der Waals surface area contributed by atoms with Crippen LogP contribution in [0, 0.1) is 18.6 Å². The molecule has 0 aliphatic rings. The smallest absolute Gasteiger partial charge is 0.324 e. The summed E-state index contributed by atoms with van der Waals surface area (Å²) in [7, 11) is 1.68. The number of hydrogen-bond donors (Lipinski definition) is 3. The molecule has 0 saturated carbocycles. The normalized spacial score (nSPS) is 11.3. The Kier molecular flexibility index (Phi) is 5.06. The van der Waals surface area contributed by atoms with Gasteiger partial charge in [-0.1, -0.05) is 6.07 Å². The van der Waals surface area contributed by atoms with Crippen LogP contribution in [0.25, 0.3) is 33.2 Å². The first-order valence-corrected chi connectivity index (χ1v) is 10.1. The first kappa shape index (κ1) is 20.7. The second-order valence-corrected chi connectivity index (χ2v) is 7.42. The molecule has 0 atom stereocenters. The van der Waals surface area contributed by atoms with Crippen molar-refractivity contribution in [1.29, 1.82) is 0 Å². The van der Waals surface area contributed by atoms with E-state index in [1.54, 1.807) is 26.1 Å². The molecule has 0 fully saturated rings. The maximum absolute atomic E-state index is 15.0. The molecule has 3 aromatic heterocycles. The monoisotopic (exact) mass is 447 g/mol.